The number of hydrogen-bond donors (Lipinski definition) is 3. The summed E-state index contributed by atoms with van der Waals surface area (Å²) in [6.45, 7) is 0. The van der Waals surface area contributed by atoms with Crippen LogP contribution >= 0.6 is 11.6 Å². The zero-order chi connectivity index (χ0) is 17.5. The average molecular weight is 362 g/mol. The Bertz CT molecular complexity index is 949. The van der Waals surface area contributed by atoms with E-state index in [1.165, 1.54) is 12.1 Å². The summed E-state index contributed by atoms with van der Waals surface area (Å²) in [6.07, 6.45) is 0. The minimum absolute atomic E-state index is 0.156. The number of nitrogen functional groups attached to an aromatic ring is 1. The molecule has 0 heterocycles. The van der Waals surface area contributed by atoms with E-state index < -0.39 is 31.5 Å². The molecule has 0 amide bonds. The van der Waals surface area contributed by atoms with Gasteiger partial charge >= 0.3 is 0 Å². The van der Waals surface area contributed by atoms with Crippen molar-refractivity contribution < 1.29 is 18.4 Å². The number of nitrogens with zero attached hydrogens (tertiary/aromatic N) is 1. The summed E-state index contributed by atoms with van der Waals surface area (Å²) in [6, 6.07) is 2.43. The van der Waals surface area contributed by atoms with Gasteiger partial charge in [0.2, 0.25) is 0 Å². The van der Waals surface area contributed by atoms with Crippen LogP contribution < -0.4 is 21.9 Å². The van der Waals surface area contributed by atoms with Gasteiger partial charge < -0.3 is 16.2 Å². The summed E-state index contributed by atoms with van der Waals surface area (Å²) in [5.41, 5.74) is 2.97. The van der Waals surface area contributed by atoms with Crippen molar-refractivity contribution in [3.05, 3.63) is 37.6 Å². The van der Waals surface area contributed by atoms with Crippen molar-refractivity contribution in [1.82, 2.24) is 4.47 Å². The molecule has 2 aromatic carbocycles. The molecule has 0 radical (unpaired) electrons. The van der Waals surface area contributed by atoms with Crippen LogP contribution in [-0.4, -0.2) is 32.2 Å². The molecule has 0 spiro atoms. The second-order valence-electron chi connectivity index (χ2n) is 4.44. The number of hydrogen-bond acceptors (Lipinski definition) is 8. The highest BCUT2D eigenvalue weighted by Crippen LogP contribution is 2.39. The molecule has 0 bridgehead atoms. The Hall–Kier alpha value is -2.14. The fraction of sp³-hybridized carbons (Fsp3) is 0.167. The van der Waals surface area contributed by atoms with E-state index in [0.29, 0.717) is 4.47 Å². The van der Waals surface area contributed by atoms with Gasteiger partial charge in [-0.3, -0.25) is 14.4 Å². The first kappa shape index (κ1) is 17.2. The molecule has 4 N–H and O–H groups in total. The zero-order valence-corrected chi connectivity index (χ0v) is 13.5. The van der Waals surface area contributed by atoms with Crippen molar-refractivity contribution in [1.29, 1.82) is 0 Å². The highest BCUT2D eigenvalue weighted by molar-refractivity contribution is 7.89. The number of nitrogens with one attached hydrogen (secondary N) is 1. The van der Waals surface area contributed by atoms with Gasteiger partial charge in [-0.1, -0.05) is 16.1 Å². The number of phenolic OH excluding ortho intramolecular Hbond substituents is 1. The van der Waals surface area contributed by atoms with E-state index in [9.17, 15) is 23.1 Å². The summed E-state index contributed by atoms with van der Waals surface area (Å²) >= 11 is 5.85. The number of halogens is 1. The Labute approximate surface area is 135 Å². The van der Waals surface area contributed by atoms with Crippen LogP contribution in [0, 0.1) is 0 Å². The van der Waals surface area contributed by atoms with Crippen LogP contribution in [0.1, 0.15) is 0 Å². The van der Waals surface area contributed by atoms with Crippen LogP contribution in [0.3, 0.4) is 0 Å². The van der Waals surface area contributed by atoms with Crippen molar-refractivity contribution in [3.8, 4) is 5.75 Å². The molecule has 0 atom stereocenters. The average Bonchev–Trinajstić information content (AvgIpc) is 2.52. The summed E-state index contributed by atoms with van der Waals surface area (Å²) in [4.78, 5) is 26.5. The Balaban J connectivity index is 2.57. The number of hydroxylamine groups is 1. The Morgan fingerprint density at radius 1 is 1.30 bits per heavy atom. The van der Waals surface area contributed by atoms with E-state index in [-0.39, 0.29) is 22.1 Å². The van der Waals surface area contributed by atoms with Gasteiger partial charge in [-0.25, -0.2) is 8.42 Å². The van der Waals surface area contributed by atoms with Crippen LogP contribution in [0.15, 0.2) is 26.6 Å². The lowest BCUT2D eigenvalue weighted by Gasteiger charge is -2.18. The molecular formula is C12H12ClN3O6S. The maximum Gasteiger partial charge on any atom is 0.269 e. The van der Waals surface area contributed by atoms with Gasteiger partial charge in [0.15, 0.2) is 5.75 Å². The van der Waals surface area contributed by atoms with Gasteiger partial charge in [-0.2, -0.15) is 0 Å². The van der Waals surface area contributed by atoms with Gasteiger partial charge in [0, 0.05) is 7.05 Å². The molecule has 0 fully saturated rings. The Morgan fingerprint density at radius 3 is 2.43 bits per heavy atom. The molecule has 2 rings (SSSR count). The second kappa shape index (κ2) is 5.81. The van der Waals surface area contributed by atoms with Crippen molar-refractivity contribution in [2.45, 2.75) is 4.90 Å². The largest absolute Gasteiger partial charge is 0.504 e. The van der Waals surface area contributed by atoms with E-state index in [0.717, 1.165) is 14.2 Å². The smallest absolute Gasteiger partial charge is 0.269 e. The summed E-state index contributed by atoms with van der Waals surface area (Å²) in [5.74, 6) is -0.742. The third-order valence-corrected chi connectivity index (χ3v) is 5.33. The van der Waals surface area contributed by atoms with Crippen molar-refractivity contribution in [2.24, 2.45) is 0 Å². The van der Waals surface area contributed by atoms with Crippen LogP contribution in [0.2, 0.25) is 5.02 Å². The Morgan fingerprint density at radius 2 is 1.91 bits per heavy atom. The molecule has 0 saturated heterocycles. The molecule has 0 aliphatic heterocycles. The second-order valence-corrected chi connectivity index (χ2v) is 6.72. The van der Waals surface area contributed by atoms with Crippen molar-refractivity contribution in [3.63, 3.8) is 0 Å². The molecule has 23 heavy (non-hydrogen) atoms. The lowest BCUT2D eigenvalue weighted by Crippen LogP contribution is -2.36. The Kier molecular flexibility index (Phi) is 4.35. The maximum absolute atomic E-state index is 12.3. The van der Waals surface area contributed by atoms with E-state index in [1.54, 1.807) is 0 Å². The quantitative estimate of drug-likeness (QED) is 0.388. The number of nitrogens with two attached hydrogens (primary N) is 1. The fourth-order valence-electron chi connectivity index (χ4n) is 1.79. The number of benzene rings is 1. The third kappa shape index (κ3) is 2.65. The molecule has 11 heteroatoms. The van der Waals surface area contributed by atoms with Gasteiger partial charge in [0.25, 0.3) is 20.9 Å². The van der Waals surface area contributed by atoms with Crippen LogP contribution in [0.25, 0.3) is 0 Å². The van der Waals surface area contributed by atoms with E-state index in [2.05, 4.69) is 10.2 Å². The maximum atomic E-state index is 12.3. The molecule has 0 unspecified atom stereocenters. The zero-order valence-electron chi connectivity index (χ0n) is 12.0. The minimum atomic E-state index is -4.25. The normalized spacial score (nSPS) is 12.0. The lowest BCUT2D eigenvalue weighted by atomic mass is 10.2. The summed E-state index contributed by atoms with van der Waals surface area (Å²) in [7, 11) is -2.01. The molecule has 0 aromatic heterocycles. The molecule has 9 nitrogen and oxygen atoms in total. The molecule has 0 saturated carbocycles. The number of aromatic hydroxyl groups is 1. The van der Waals surface area contributed by atoms with Gasteiger partial charge in [0.05, 0.1) is 17.8 Å². The van der Waals surface area contributed by atoms with Crippen molar-refractivity contribution in [2.75, 3.05) is 25.2 Å². The van der Waals surface area contributed by atoms with Gasteiger partial charge in [-0.05, 0) is 12.1 Å². The number of rotatable bonds is 5. The van der Waals surface area contributed by atoms with E-state index >= 15 is 0 Å². The molecule has 0 aliphatic carbocycles. The monoisotopic (exact) mass is 361 g/mol. The van der Waals surface area contributed by atoms with E-state index in [4.69, 9.17) is 17.3 Å². The first-order chi connectivity index (χ1) is 10.6. The minimum Gasteiger partial charge on any atom is -0.504 e. The molecule has 2 aromatic rings. The van der Waals surface area contributed by atoms with Gasteiger partial charge in [-0.15, -0.1) is 0 Å². The fourth-order valence-corrected chi connectivity index (χ4v) is 3.35. The predicted octanol–water partition coefficient (Wildman–Crippen LogP) is 0.149. The topological polar surface area (TPSA) is 139 Å². The van der Waals surface area contributed by atoms with Crippen molar-refractivity contribution >= 4 is 38.7 Å². The lowest BCUT2D eigenvalue weighted by molar-refractivity contribution is -0.0259. The van der Waals surface area contributed by atoms with Crippen LogP contribution in [-0.2, 0) is 14.9 Å². The highest BCUT2D eigenvalue weighted by Gasteiger charge is 2.30. The SMILES string of the molecule is CON(C)S(=O)(=O)c1c(Cl)ccc(Nc2c(N)c(=O)c2=O)c1O. The number of phenols is 1. The summed E-state index contributed by atoms with van der Waals surface area (Å²) in [5, 5.41) is 12.4. The molecular weight excluding hydrogens is 350 g/mol. The molecule has 0 aliphatic rings. The first-order valence-electron chi connectivity index (χ1n) is 6.03. The molecule has 124 valence electrons. The standard InChI is InChI=1S/C12H12ClN3O6S/c1-16(22-2)23(20,21)12-5(13)3-4-6(9(12)17)15-8-7(14)10(18)11(8)19/h3-4,15,17H,14H2,1-2H3. The van der Waals surface area contributed by atoms with E-state index in [1.807, 2.05) is 0 Å². The highest BCUT2D eigenvalue weighted by atomic mass is 35.5. The third-order valence-electron chi connectivity index (χ3n) is 3.14. The first-order valence-corrected chi connectivity index (χ1v) is 7.85. The van der Waals surface area contributed by atoms with Gasteiger partial charge in [0.1, 0.15) is 16.3 Å². The number of anilines is 3. The van der Waals surface area contributed by atoms with Crippen LogP contribution in [0.5, 0.6) is 5.75 Å². The summed E-state index contributed by atoms with van der Waals surface area (Å²) < 4.78 is 25.1. The number of sulfonamides is 1. The van der Waals surface area contributed by atoms with Crippen LogP contribution in [0.4, 0.5) is 17.1 Å². The predicted molar refractivity (Wildman–Crippen MR) is 84.1 cm³/mol.